The van der Waals surface area contributed by atoms with Gasteiger partial charge in [0, 0.05) is 13.6 Å². The number of esters is 1. The fourth-order valence-electron chi connectivity index (χ4n) is 3.08. The van der Waals surface area contributed by atoms with Crippen molar-refractivity contribution < 1.29 is 9.53 Å². The van der Waals surface area contributed by atoms with E-state index < -0.39 is 0 Å². The summed E-state index contributed by atoms with van der Waals surface area (Å²) in [6.45, 7) is 7.48. The number of nitrogens with zero attached hydrogens (tertiary/aromatic N) is 3. The molecule has 1 saturated heterocycles. The largest absolute Gasteiger partial charge is 0.462 e. The minimum atomic E-state index is -0.263. The third-order valence-electron chi connectivity index (χ3n) is 4.33. The second kappa shape index (κ2) is 7.59. The van der Waals surface area contributed by atoms with E-state index in [0.29, 0.717) is 12.2 Å². The van der Waals surface area contributed by atoms with Gasteiger partial charge in [-0.05, 0) is 38.8 Å². The van der Waals surface area contributed by atoms with Crippen LogP contribution in [-0.4, -0.2) is 40.3 Å². The molecule has 0 spiro atoms. The van der Waals surface area contributed by atoms with E-state index >= 15 is 0 Å². The van der Waals surface area contributed by atoms with Crippen LogP contribution in [-0.2, 0) is 18.3 Å². The molecule has 0 atom stereocenters. The van der Waals surface area contributed by atoms with E-state index in [1.54, 1.807) is 10.9 Å². The first-order chi connectivity index (χ1) is 10.2. The smallest absolute Gasteiger partial charge is 0.341 e. The van der Waals surface area contributed by atoms with Gasteiger partial charge in [0.2, 0.25) is 0 Å². The fourth-order valence-corrected chi connectivity index (χ4v) is 3.08. The third-order valence-corrected chi connectivity index (χ3v) is 4.33. The zero-order valence-corrected chi connectivity index (χ0v) is 13.5. The van der Waals surface area contributed by atoms with Crippen LogP contribution in [0.3, 0.4) is 0 Å². The molecule has 1 fully saturated rings. The minimum absolute atomic E-state index is 0.263. The Kier molecular flexibility index (Phi) is 5.79. The minimum Gasteiger partial charge on any atom is -0.462 e. The summed E-state index contributed by atoms with van der Waals surface area (Å²) in [6, 6.07) is 0. The van der Waals surface area contributed by atoms with Crippen molar-refractivity contribution in [1.29, 1.82) is 0 Å². The van der Waals surface area contributed by atoms with Gasteiger partial charge < -0.3 is 4.74 Å². The molecule has 0 amide bonds. The molecule has 1 aromatic rings. The number of rotatable bonds is 6. The second-order valence-electron chi connectivity index (χ2n) is 5.86. The number of ether oxygens (including phenoxy) is 1. The first-order valence-electron chi connectivity index (χ1n) is 8.06. The van der Waals surface area contributed by atoms with Gasteiger partial charge >= 0.3 is 5.97 Å². The first kappa shape index (κ1) is 16.0. The Hall–Kier alpha value is -1.36. The topological polar surface area (TPSA) is 47.4 Å². The third kappa shape index (κ3) is 4.06. The molecule has 0 N–H and O–H groups in total. The van der Waals surface area contributed by atoms with Crippen molar-refractivity contribution in [3.63, 3.8) is 0 Å². The lowest BCUT2D eigenvalue weighted by molar-refractivity contribution is 0.0523. The average molecular weight is 293 g/mol. The summed E-state index contributed by atoms with van der Waals surface area (Å²) in [5.41, 5.74) is 1.57. The van der Waals surface area contributed by atoms with Gasteiger partial charge in [0.05, 0.1) is 18.5 Å². The Morgan fingerprint density at radius 1 is 1.38 bits per heavy atom. The van der Waals surface area contributed by atoms with Crippen LogP contribution >= 0.6 is 0 Å². The fraction of sp³-hybridized carbons (Fsp3) is 0.750. The van der Waals surface area contributed by atoms with E-state index in [0.717, 1.165) is 31.2 Å². The molecule has 2 heterocycles. The maximum absolute atomic E-state index is 12.0. The normalized spacial score (nSPS) is 17.1. The van der Waals surface area contributed by atoms with Crippen LogP contribution < -0.4 is 0 Å². The van der Waals surface area contributed by atoms with Crippen molar-refractivity contribution in [2.75, 3.05) is 19.7 Å². The lowest BCUT2D eigenvalue weighted by Crippen LogP contribution is -2.34. The highest BCUT2D eigenvalue weighted by atomic mass is 16.5. The number of piperidine rings is 1. The van der Waals surface area contributed by atoms with Crippen molar-refractivity contribution in [3.8, 4) is 0 Å². The van der Waals surface area contributed by atoms with Gasteiger partial charge in [-0.2, -0.15) is 5.10 Å². The molecule has 0 saturated carbocycles. The highest BCUT2D eigenvalue weighted by Crippen LogP contribution is 2.23. The van der Waals surface area contributed by atoms with Gasteiger partial charge in [-0.25, -0.2) is 4.79 Å². The summed E-state index contributed by atoms with van der Waals surface area (Å²) in [7, 11) is 1.89. The Balaban J connectivity index is 1.97. The predicted octanol–water partition coefficient (Wildman–Crippen LogP) is 2.61. The van der Waals surface area contributed by atoms with Gasteiger partial charge in [-0.3, -0.25) is 9.58 Å². The number of likely N-dealkylation sites (tertiary alicyclic amines) is 1. The van der Waals surface area contributed by atoms with Crippen LogP contribution in [0.1, 0.15) is 55.6 Å². The van der Waals surface area contributed by atoms with Gasteiger partial charge in [0.15, 0.2) is 0 Å². The molecule has 5 heteroatoms. The summed E-state index contributed by atoms with van der Waals surface area (Å²) in [6.07, 6.45) is 6.77. The Morgan fingerprint density at radius 2 is 2.10 bits per heavy atom. The van der Waals surface area contributed by atoms with Crippen molar-refractivity contribution >= 4 is 5.97 Å². The molecule has 0 aromatic carbocycles. The van der Waals surface area contributed by atoms with Gasteiger partial charge in [0.25, 0.3) is 0 Å². The molecule has 0 bridgehead atoms. The SMILES string of the molecule is CCCC1CCN(Cc2c(C(=O)OCC)cnn2C)CC1. The number of carbonyl (C=O) groups is 1. The van der Waals surface area contributed by atoms with E-state index in [1.165, 1.54) is 25.7 Å². The summed E-state index contributed by atoms with van der Waals surface area (Å²) in [5.74, 6) is 0.615. The number of aromatic nitrogens is 2. The number of hydrogen-bond donors (Lipinski definition) is 0. The molecular formula is C16H27N3O2. The van der Waals surface area contributed by atoms with Gasteiger partial charge in [-0.1, -0.05) is 19.8 Å². The molecule has 1 aliphatic rings. The summed E-state index contributed by atoms with van der Waals surface area (Å²) >= 11 is 0. The summed E-state index contributed by atoms with van der Waals surface area (Å²) in [5, 5.41) is 4.22. The second-order valence-corrected chi connectivity index (χ2v) is 5.86. The van der Waals surface area contributed by atoms with Crippen LogP contribution in [0.5, 0.6) is 0 Å². The maximum Gasteiger partial charge on any atom is 0.341 e. The monoisotopic (exact) mass is 293 g/mol. The molecule has 0 unspecified atom stereocenters. The van der Waals surface area contributed by atoms with Crippen LogP contribution in [0.2, 0.25) is 0 Å². The van der Waals surface area contributed by atoms with E-state index in [1.807, 2.05) is 14.0 Å². The molecule has 1 aromatic heterocycles. The Morgan fingerprint density at radius 3 is 2.71 bits per heavy atom. The highest BCUT2D eigenvalue weighted by Gasteiger charge is 2.23. The van der Waals surface area contributed by atoms with E-state index in [9.17, 15) is 4.79 Å². The Labute approximate surface area is 127 Å². The lowest BCUT2D eigenvalue weighted by Gasteiger charge is -2.31. The highest BCUT2D eigenvalue weighted by molar-refractivity contribution is 5.90. The van der Waals surface area contributed by atoms with Crippen molar-refractivity contribution in [1.82, 2.24) is 14.7 Å². The molecule has 5 nitrogen and oxygen atoms in total. The first-order valence-corrected chi connectivity index (χ1v) is 8.06. The van der Waals surface area contributed by atoms with Crippen molar-refractivity contribution in [2.24, 2.45) is 13.0 Å². The Bertz CT molecular complexity index is 462. The quantitative estimate of drug-likeness (QED) is 0.756. The zero-order valence-electron chi connectivity index (χ0n) is 13.5. The molecule has 21 heavy (non-hydrogen) atoms. The molecule has 0 aliphatic carbocycles. The van der Waals surface area contributed by atoms with Crippen LogP contribution in [0, 0.1) is 5.92 Å². The van der Waals surface area contributed by atoms with Crippen molar-refractivity contribution in [3.05, 3.63) is 17.5 Å². The molecule has 118 valence electrons. The maximum atomic E-state index is 12.0. The number of aryl methyl sites for hydroxylation is 1. The van der Waals surface area contributed by atoms with Crippen LogP contribution in [0.15, 0.2) is 6.20 Å². The zero-order chi connectivity index (χ0) is 15.2. The molecule has 2 rings (SSSR count). The van der Waals surface area contributed by atoms with Crippen LogP contribution in [0.25, 0.3) is 0 Å². The van der Waals surface area contributed by atoms with Crippen molar-refractivity contribution in [2.45, 2.75) is 46.1 Å². The predicted molar refractivity (Wildman–Crippen MR) is 82.1 cm³/mol. The van der Waals surface area contributed by atoms with Gasteiger partial charge in [-0.15, -0.1) is 0 Å². The summed E-state index contributed by atoms with van der Waals surface area (Å²) < 4.78 is 6.91. The van der Waals surface area contributed by atoms with E-state index in [-0.39, 0.29) is 5.97 Å². The standard InChI is InChI=1S/C16H27N3O2/c1-4-6-13-7-9-19(10-8-13)12-15-14(11-17-18(15)3)16(20)21-5-2/h11,13H,4-10,12H2,1-3H3. The lowest BCUT2D eigenvalue weighted by atomic mass is 9.92. The van der Waals surface area contributed by atoms with Crippen LogP contribution in [0.4, 0.5) is 0 Å². The average Bonchev–Trinajstić information content (AvgIpc) is 2.83. The molecular weight excluding hydrogens is 266 g/mol. The molecule has 1 aliphatic heterocycles. The van der Waals surface area contributed by atoms with Gasteiger partial charge in [0.1, 0.15) is 5.56 Å². The number of carbonyl (C=O) groups excluding carboxylic acids is 1. The number of hydrogen-bond acceptors (Lipinski definition) is 4. The van der Waals surface area contributed by atoms with E-state index in [4.69, 9.17) is 4.74 Å². The summed E-state index contributed by atoms with van der Waals surface area (Å²) in [4.78, 5) is 14.4. The van der Waals surface area contributed by atoms with E-state index in [2.05, 4.69) is 16.9 Å². The molecule has 0 radical (unpaired) electrons.